The second-order valence-electron chi connectivity index (χ2n) is 11.3. The van der Waals surface area contributed by atoms with E-state index in [0.29, 0.717) is 30.6 Å². The van der Waals surface area contributed by atoms with Gasteiger partial charge in [0.1, 0.15) is 6.04 Å². The van der Waals surface area contributed by atoms with Gasteiger partial charge in [0, 0.05) is 6.42 Å². The molecule has 0 aromatic heterocycles. The summed E-state index contributed by atoms with van der Waals surface area (Å²) >= 11 is 0. The number of carboxylic acid groups (broad SMARTS) is 1. The predicted octanol–water partition coefficient (Wildman–Crippen LogP) is 3.65. The normalized spacial score (nSPS) is 41.4. The van der Waals surface area contributed by atoms with Crippen LogP contribution in [0.3, 0.4) is 0 Å². The van der Waals surface area contributed by atoms with Crippen molar-refractivity contribution in [3.05, 3.63) is 11.6 Å². The zero-order valence-corrected chi connectivity index (χ0v) is 20.2. The molecule has 182 valence electrons. The Morgan fingerprint density at radius 2 is 1.88 bits per heavy atom. The quantitative estimate of drug-likeness (QED) is 0.476. The second-order valence-corrected chi connectivity index (χ2v) is 11.3. The SMILES string of the molecule is CC1=CC(=O)CC2CCC3C4CCC(O)C4(C)CCC3C12C.NCCCCC(N)C(=O)O. The maximum absolute atomic E-state index is 12.0. The van der Waals surface area contributed by atoms with Crippen LogP contribution in [0.15, 0.2) is 11.6 Å². The first-order valence-corrected chi connectivity index (χ1v) is 12.6. The number of carbonyl (C=O) groups excluding carboxylic acids is 1. The number of hydrogen-bond donors (Lipinski definition) is 4. The molecule has 0 aromatic carbocycles. The average Bonchev–Trinajstić information content (AvgIpc) is 3.04. The molecule has 4 rings (SSSR count). The van der Waals surface area contributed by atoms with E-state index in [4.69, 9.17) is 16.6 Å². The Labute approximate surface area is 193 Å². The van der Waals surface area contributed by atoms with Crippen molar-refractivity contribution >= 4 is 11.8 Å². The Balaban J connectivity index is 0.000000247. The van der Waals surface area contributed by atoms with E-state index in [2.05, 4.69) is 20.8 Å². The fourth-order valence-corrected chi connectivity index (χ4v) is 7.66. The van der Waals surface area contributed by atoms with Gasteiger partial charge in [0.05, 0.1) is 6.10 Å². The van der Waals surface area contributed by atoms with Gasteiger partial charge in [0.15, 0.2) is 5.78 Å². The maximum Gasteiger partial charge on any atom is 0.320 e. The molecule has 8 unspecified atom stereocenters. The smallest absolute Gasteiger partial charge is 0.320 e. The highest BCUT2D eigenvalue weighted by molar-refractivity contribution is 5.91. The van der Waals surface area contributed by atoms with Crippen molar-refractivity contribution in [2.75, 3.05) is 6.54 Å². The number of aliphatic carboxylic acids is 1. The molecule has 0 heterocycles. The van der Waals surface area contributed by atoms with Crippen molar-refractivity contribution in [1.82, 2.24) is 0 Å². The van der Waals surface area contributed by atoms with E-state index in [1.807, 2.05) is 6.08 Å². The third kappa shape index (κ3) is 4.55. The zero-order valence-electron chi connectivity index (χ0n) is 20.2. The number of aliphatic hydroxyl groups is 1. The van der Waals surface area contributed by atoms with Gasteiger partial charge in [-0.1, -0.05) is 25.8 Å². The molecule has 4 aliphatic carbocycles. The van der Waals surface area contributed by atoms with Gasteiger partial charge in [-0.25, -0.2) is 0 Å². The Morgan fingerprint density at radius 3 is 2.53 bits per heavy atom. The molecule has 6 N–H and O–H groups in total. The first-order valence-electron chi connectivity index (χ1n) is 12.6. The average molecular weight is 449 g/mol. The lowest BCUT2D eigenvalue weighted by Gasteiger charge is -2.60. The molecule has 0 bridgehead atoms. The third-order valence-corrected chi connectivity index (χ3v) is 9.82. The molecule has 0 radical (unpaired) electrons. The number of carbonyl (C=O) groups is 2. The number of nitrogens with two attached hydrogens (primary N) is 2. The first kappa shape index (κ1) is 25.4. The van der Waals surface area contributed by atoms with Crippen LogP contribution >= 0.6 is 0 Å². The Bertz CT molecular complexity index is 737. The largest absolute Gasteiger partial charge is 0.480 e. The molecule has 0 spiro atoms. The molecule has 3 fully saturated rings. The lowest BCUT2D eigenvalue weighted by atomic mass is 9.45. The van der Waals surface area contributed by atoms with Gasteiger partial charge in [-0.2, -0.15) is 0 Å². The van der Waals surface area contributed by atoms with Crippen LogP contribution < -0.4 is 11.5 Å². The molecular weight excluding hydrogens is 404 g/mol. The van der Waals surface area contributed by atoms with Crippen molar-refractivity contribution < 1.29 is 19.8 Å². The van der Waals surface area contributed by atoms with E-state index in [0.717, 1.165) is 37.5 Å². The summed E-state index contributed by atoms with van der Waals surface area (Å²) in [6.45, 7) is 7.59. The minimum absolute atomic E-state index is 0.0893. The van der Waals surface area contributed by atoms with Gasteiger partial charge >= 0.3 is 5.97 Å². The van der Waals surface area contributed by atoms with Gasteiger partial charge in [-0.15, -0.1) is 0 Å². The number of fused-ring (bicyclic) bond motifs is 5. The molecular formula is C26H44N2O4. The number of hydrogen-bond acceptors (Lipinski definition) is 5. The second kappa shape index (κ2) is 9.94. The van der Waals surface area contributed by atoms with Crippen molar-refractivity contribution in [2.45, 2.75) is 97.1 Å². The summed E-state index contributed by atoms with van der Waals surface area (Å²) in [5.74, 6) is 2.14. The highest BCUT2D eigenvalue weighted by atomic mass is 16.4. The molecule has 32 heavy (non-hydrogen) atoms. The van der Waals surface area contributed by atoms with E-state index in [-0.39, 0.29) is 16.9 Å². The van der Waals surface area contributed by atoms with E-state index in [9.17, 15) is 14.7 Å². The third-order valence-electron chi connectivity index (χ3n) is 9.82. The number of allylic oxidation sites excluding steroid dienone is 2. The number of carboxylic acids is 1. The minimum Gasteiger partial charge on any atom is -0.480 e. The van der Waals surface area contributed by atoms with E-state index >= 15 is 0 Å². The van der Waals surface area contributed by atoms with Crippen molar-refractivity contribution in [1.29, 1.82) is 0 Å². The maximum atomic E-state index is 12.0. The fourth-order valence-electron chi connectivity index (χ4n) is 7.66. The summed E-state index contributed by atoms with van der Waals surface area (Å²) in [5, 5.41) is 18.8. The van der Waals surface area contributed by atoms with Crippen molar-refractivity contribution in [3.8, 4) is 0 Å². The summed E-state index contributed by atoms with van der Waals surface area (Å²) in [5.41, 5.74) is 12.1. The van der Waals surface area contributed by atoms with Crippen LogP contribution in [0.1, 0.15) is 85.0 Å². The molecule has 6 heteroatoms. The summed E-state index contributed by atoms with van der Waals surface area (Å²) in [6.07, 6.45) is 11.9. The lowest BCUT2D eigenvalue weighted by Crippen LogP contribution is -2.54. The summed E-state index contributed by atoms with van der Waals surface area (Å²) in [7, 11) is 0. The monoisotopic (exact) mass is 448 g/mol. The lowest BCUT2D eigenvalue weighted by molar-refractivity contribution is -0.138. The molecule has 0 aliphatic heterocycles. The topological polar surface area (TPSA) is 127 Å². The number of ketones is 1. The first-order chi connectivity index (χ1) is 15.1. The van der Waals surface area contributed by atoms with Crippen LogP contribution in [-0.2, 0) is 9.59 Å². The van der Waals surface area contributed by atoms with Crippen LogP contribution in [0.25, 0.3) is 0 Å². The van der Waals surface area contributed by atoms with E-state index in [1.54, 1.807) is 0 Å². The standard InChI is InChI=1S/C20H30O2.C6H14N2O2/c1-12-10-14(21)11-13-4-5-15-16-6-7-18(22)19(16,2)9-8-17(15)20(12,13)3;7-4-2-1-3-5(8)6(9)10/h10,13,15-18,22H,4-9,11H2,1-3H3;5H,1-4,7-8H2,(H,9,10). The summed E-state index contributed by atoms with van der Waals surface area (Å²) in [6, 6.07) is -0.716. The molecule has 8 atom stereocenters. The molecule has 3 saturated carbocycles. The van der Waals surface area contributed by atoms with Crippen LogP contribution in [0.2, 0.25) is 0 Å². The molecule has 4 aliphatic rings. The number of unbranched alkanes of at least 4 members (excludes halogenated alkanes) is 1. The van der Waals surface area contributed by atoms with Gasteiger partial charge < -0.3 is 21.7 Å². The molecule has 6 nitrogen and oxygen atoms in total. The van der Waals surface area contributed by atoms with Gasteiger partial charge in [0.25, 0.3) is 0 Å². The molecule has 0 saturated heterocycles. The van der Waals surface area contributed by atoms with Gasteiger partial charge in [-0.05, 0) is 105 Å². The number of aliphatic hydroxyl groups excluding tert-OH is 1. The van der Waals surface area contributed by atoms with Crippen LogP contribution in [0.5, 0.6) is 0 Å². The van der Waals surface area contributed by atoms with Gasteiger partial charge in [0.2, 0.25) is 0 Å². The number of rotatable bonds is 5. The Morgan fingerprint density at radius 1 is 1.16 bits per heavy atom. The molecule has 0 aromatic rings. The van der Waals surface area contributed by atoms with Crippen molar-refractivity contribution in [3.63, 3.8) is 0 Å². The predicted molar refractivity (Wildman–Crippen MR) is 126 cm³/mol. The highest BCUT2D eigenvalue weighted by Gasteiger charge is 2.60. The Kier molecular flexibility index (Phi) is 7.89. The van der Waals surface area contributed by atoms with Crippen molar-refractivity contribution in [2.24, 2.45) is 46.0 Å². The minimum atomic E-state index is -0.933. The van der Waals surface area contributed by atoms with E-state index < -0.39 is 12.0 Å². The van der Waals surface area contributed by atoms with Crippen LogP contribution in [0, 0.1) is 34.5 Å². The van der Waals surface area contributed by atoms with Crippen LogP contribution in [-0.4, -0.2) is 40.7 Å². The Hall–Kier alpha value is -1.24. The summed E-state index contributed by atoms with van der Waals surface area (Å²) < 4.78 is 0. The highest BCUT2D eigenvalue weighted by Crippen LogP contribution is 2.66. The summed E-state index contributed by atoms with van der Waals surface area (Å²) in [4.78, 5) is 22.1. The van der Waals surface area contributed by atoms with Gasteiger partial charge in [-0.3, -0.25) is 9.59 Å². The van der Waals surface area contributed by atoms with E-state index in [1.165, 1.54) is 37.7 Å². The fraction of sp³-hybridized carbons (Fsp3) is 0.846. The molecule has 0 amide bonds. The van der Waals surface area contributed by atoms with Crippen LogP contribution in [0.4, 0.5) is 0 Å². The zero-order chi connectivity index (χ0) is 23.7.